The molecule has 0 aromatic rings. The summed E-state index contributed by atoms with van der Waals surface area (Å²) in [6.07, 6.45) is 3.44. The van der Waals surface area contributed by atoms with Crippen molar-refractivity contribution in [3.63, 3.8) is 0 Å². The van der Waals surface area contributed by atoms with Gasteiger partial charge in [0.1, 0.15) is 0 Å². The molecule has 0 radical (unpaired) electrons. The van der Waals surface area contributed by atoms with E-state index >= 15 is 0 Å². The Morgan fingerprint density at radius 1 is 0.750 bits per heavy atom. The molecule has 0 aliphatic rings. The third-order valence-corrected chi connectivity index (χ3v) is 21.1. The monoisotopic (exact) mass is 320 g/mol. The Morgan fingerprint density at radius 2 is 1.00 bits per heavy atom. The van der Waals surface area contributed by atoms with Gasteiger partial charge in [0.15, 0.2) is 0 Å². The first-order valence-electron chi connectivity index (χ1n) is 4.91. The van der Waals surface area contributed by atoms with Gasteiger partial charge in [-0.3, -0.25) is 0 Å². The molecular formula is C9H21Cl2Sb. The van der Waals surface area contributed by atoms with Crippen LogP contribution < -0.4 is 0 Å². The maximum atomic E-state index is 6.66. The molecular weight excluding hydrogens is 301 g/mol. The summed E-state index contributed by atoms with van der Waals surface area (Å²) in [5, 5.41) is 0. The van der Waals surface area contributed by atoms with Crippen LogP contribution in [0.2, 0.25) is 13.1 Å². The van der Waals surface area contributed by atoms with Crippen molar-refractivity contribution in [2.45, 2.75) is 53.1 Å². The molecule has 0 atom stereocenters. The van der Waals surface area contributed by atoms with E-state index in [1.54, 1.807) is 0 Å². The van der Waals surface area contributed by atoms with Crippen LogP contribution in [0, 0.1) is 0 Å². The van der Waals surface area contributed by atoms with E-state index in [4.69, 9.17) is 17.7 Å². The molecule has 12 heavy (non-hydrogen) atoms. The van der Waals surface area contributed by atoms with Gasteiger partial charge in [-0.05, 0) is 0 Å². The summed E-state index contributed by atoms with van der Waals surface area (Å²) in [5.74, 6) is 0. The molecule has 0 saturated carbocycles. The van der Waals surface area contributed by atoms with Crippen molar-refractivity contribution in [3.05, 3.63) is 0 Å². The Morgan fingerprint density at radius 3 is 1.17 bits per heavy atom. The minimum atomic E-state index is -3.06. The summed E-state index contributed by atoms with van der Waals surface area (Å²) in [7, 11) is 13.3. The molecule has 0 spiro atoms. The topological polar surface area (TPSA) is 0 Å². The van der Waals surface area contributed by atoms with Crippen molar-refractivity contribution < 1.29 is 0 Å². The molecule has 0 saturated heterocycles. The molecule has 0 aromatic heterocycles. The predicted molar refractivity (Wildman–Crippen MR) is 62.8 cm³/mol. The summed E-state index contributed by atoms with van der Waals surface area (Å²) in [6, 6.07) is 0. The van der Waals surface area contributed by atoms with Gasteiger partial charge in [0, 0.05) is 0 Å². The van der Waals surface area contributed by atoms with Crippen LogP contribution in [0.5, 0.6) is 0 Å². The minimum absolute atomic E-state index is 1.11. The van der Waals surface area contributed by atoms with Gasteiger partial charge in [0.25, 0.3) is 0 Å². The number of hydrogen-bond acceptors (Lipinski definition) is 0. The number of rotatable bonds is 6. The normalized spacial score (nSPS) is 15.6. The Balaban J connectivity index is 4.31. The van der Waals surface area contributed by atoms with Gasteiger partial charge in [-0.2, -0.15) is 0 Å². The standard InChI is InChI=1S/3C3H7.2ClH.Sb/c3*1-3-2;;;/h3*1,3H2,2H3;2*1H;/q;;;;;+2/p-2. The first kappa shape index (κ1) is 13.4. The zero-order valence-electron chi connectivity index (χ0n) is 8.45. The van der Waals surface area contributed by atoms with Gasteiger partial charge < -0.3 is 0 Å². The van der Waals surface area contributed by atoms with Crippen molar-refractivity contribution in [1.82, 2.24) is 0 Å². The average molecular weight is 322 g/mol. The summed E-state index contributed by atoms with van der Waals surface area (Å²) in [5.41, 5.74) is 0. The fourth-order valence-electron chi connectivity index (χ4n) is 1.79. The van der Waals surface area contributed by atoms with Gasteiger partial charge >= 0.3 is 85.9 Å². The molecule has 0 bridgehead atoms. The molecule has 0 rings (SSSR count). The van der Waals surface area contributed by atoms with E-state index < -0.39 is 15.1 Å². The van der Waals surface area contributed by atoms with E-state index in [9.17, 15) is 0 Å². The average Bonchev–Trinajstić information content (AvgIpc) is 1.86. The summed E-state index contributed by atoms with van der Waals surface area (Å²) >= 11 is -3.06. The van der Waals surface area contributed by atoms with Gasteiger partial charge in [-0.25, -0.2) is 0 Å². The van der Waals surface area contributed by atoms with Crippen LogP contribution >= 0.6 is 17.7 Å². The molecule has 0 amide bonds. The summed E-state index contributed by atoms with van der Waals surface area (Å²) in [4.78, 5) is 0. The van der Waals surface area contributed by atoms with Crippen LogP contribution in [-0.4, -0.2) is 15.1 Å². The Hall–Kier alpha value is 1.40. The predicted octanol–water partition coefficient (Wildman–Crippen LogP) is 5.09. The fourth-order valence-corrected chi connectivity index (χ4v) is 18.8. The van der Waals surface area contributed by atoms with Crippen molar-refractivity contribution in [2.24, 2.45) is 0 Å². The molecule has 0 nitrogen and oxygen atoms in total. The maximum absolute atomic E-state index is 6.66. The van der Waals surface area contributed by atoms with Gasteiger partial charge in [0.05, 0.1) is 0 Å². The van der Waals surface area contributed by atoms with Crippen LogP contribution in [0.15, 0.2) is 0 Å². The van der Waals surface area contributed by atoms with Crippen LogP contribution in [-0.2, 0) is 0 Å². The van der Waals surface area contributed by atoms with Gasteiger partial charge in [0.2, 0.25) is 0 Å². The number of hydrogen-bond donors (Lipinski definition) is 0. The van der Waals surface area contributed by atoms with E-state index in [1.807, 2.05) is 0 Å². The van der Waals surface area contributed by atoms with Crippen LogP contribution in [0.1, 0.15) is 40.0 Å². The molecule has 0 unspecified atom stereocenters. The zero-order valence-corrected chi connectivity index (χ0v) is 12.5. The van der Waals surface area contributed by atoms with E-state index in [1.165, 1.54) is 0 Å². The number of halogens is 2. The first-order chi connectivity index (χ1) is 5.46. The molecule has 3 heteroatoms. The quantitative estimate of drug-likeness (QED) is 0.598. The van der Waals surface area contributed by atoms with Crippen molar-refractivity contribution in [2.75, 3.05) is 0 Å². The second-order valence-corrected chi connectivity index (χ2v) is 28.8. The third-order valence-electron chi connectivity index (χ3n) is 2.13. The van der Waals surface area contributed by atoms with Gasteiger partial charge in [-0.1, -0.05) is 0 Å². The Labute approximate surface area is 85.4 Å². The molecule has 0 aromatic carbocycles. The SMILES string of the molecule is CC[CH2][Sb]([Cl])([Cl])([CH2]CC)[CH2]CC. The van der Waals surface area contributed by atoms with Crippen LogP contribution in [0.3, 0.4) is 0 Å². The molecule has 0 fully saturated rings. The zero-order chi connectivity index (χ0) is 9.69. The third kappa shape index (κ3) is 4.58. The van der Waals surface area contributed by atoms with Crippen molar-refractivity contribution in [3.8, 4) is 0 Å². The fraction of sp³-hybridized carbons (Fsp3) is 1.00. The van der Waals surface area contributed by atoms with Crippen molar-refractivity contribution in [1.29, 1.82) is 0 Å². The second kappa shape index (κ2) is 5.32. The van der Waals surface area contributed by atoms with Crippen LogP contribution in [0.25, 0.3) is 0 Å². The van der Waals surface area contributed by atoms with E-state index in [-0.39, 0.29) is 0 Å². The summed E-state index contributed by atoms with van der Waals surface area (Å²) < 4.78 is 3.33. The molecule has 0 aliphatic heterocycles. The molecule has 0 heterocycles. The van der Waals surface area contributed by atoms with Gasteiger partial charge in [-0.15, -0.1) is 0 Å². The van der Waals surface area contributed by atoms with Crippen LogP contribution in [0.4, 0.5) is 0 Å². The van der Waals surface area contributed by atoms with E-state index in [0.29, 0.717) is 0 Å². The van der Waals surface area contributed by atoms with E-state index in [0.717, 1.165) is 32.4 Å². The van der Waals surface area contributed by atoms with Crippen molar-refractivity contribution >= 4 is 32.8 Å². The molecule has 0 aliphatic carbocycles. The van der Waals surface area contributed by atoms with E-state index in [2.05, 4.69) is 20.8 Å². The molecule has 0 N–H and O–H groups in total. The second-order valence-electron chi connectivity index (χ2n) is 3.62. The summed E-state index contributed by atoms with van der Waals surface area (Å²) in [6.45, 7) is 6.55. The first-order valence-corrected chi connectivity index (χ1v) is 16.8. The molecule has 76 valence electrons. The Kier molecular flexibility index (Phi) is 5.94. The Bertz CT molecular complexity index is 111.